The van der Waals surface area contributed by atoms with Gasteiger partial charge in [-0.1, -0.05) is 0 Å². The zero-order valence-electron chi connectivity index (χ0n) is 9.78. The van der Waals surface area contributed by atoms with Crippen LogP contribution in [0, 0.1) is 6.92 Å². The van der Waals surface area contributed by atoms with Gasteiger partial charge in [-0.2, -0.15) is 0 Å². The molecule has 0 aliphatic carbocycles. The highest BCUT2D eigenvalue weighted by molar-refractivity contribution is 5.43. The number of aryl methyl sites for hydroxylation is 1. The number of rotatable bonds is 4. The van der Waals surface area contributed by atoms with Gasteiger partial charge < -0.3 is 10.5 Å². The van der Waals surface area contributed by atoms with Crippen LogP contribution in [0.5, 0.6) is 5.88 Å². The summed E-state index contributed by atoms with van der Waals surface area (Å²) in [6.07, 6.45) is 2.64. The lowest BCUT2D eigenvalue weighted by atomic mass is 10.3. The van der Waals surface area contributed by atoms with Gasteiger partial charge in [-0.25, -0.2) is 4.98 Å². The summed E-state index contributed by atoms with van der Waals surface area (Å²) in [6, 6.07) is 3.67. The molecular weight excluding hydrogens is 202 g/mol. The van der Waals surface area contributed by atoms with E-state index in [1.165, 1.54) is 25.9 Å². The Kier molecular flexibility index (Phi) is 3.62. The maximum absolute atomic E-state index is 5.69. The summed E-state index contributed by atoms with van der Waals surface area (Å²) in [7, 11) is 0. The molecule has 1 aliphatic heterocycles. The van der Waals surface area contributed by atoms with Crippen LogP contribution in [-0.4, -0.2) is 36.1 Å². The lowest BCUT2D eigenvalue weighted by molar-refractivity contribution is 0.232. The van der Waals surface area contributed by atoms with Gasteiger partial charge in [0, 0.05) is 12.6 Å². The second-order valence-corrected chi connectivity index (χ2v) is 4.22. The van der Waals surface area contributed by atoms with Crippen molar-refractivity contribution in [3.63, 3.8) is 0 Å². The van der Waals surface area contributed by atoms with Gasteiger partial charge >= 0.3 is 0 Å². The van der Waals surface area contributed by atoms with E-state index in [9.17, 15) is 0 Å². The molecule has 2 heterocycles. The first kappa shape index (κ1) is 11.2. The topological polar surface area (TPSA) is 51.4 Å². The molecule has 1 aromatic heterocycles. The van der Waals surface area contributed by atoms with Crippen LogP contribution in [0.4, 0.5) is 5.69 Å². The summed E-state index contributed by atoms with van der Waals surface area (Å²) in [5.74, 6) is 0.672. The monoisotopic (exact) mass is 221 g/mol. The number of hydrogen-bond acceptors (Lipinski definition) is 4. The number of nitrogen functional groups attached to an aromatic ring is 1. The predicted octanol–water partition coefficient (Wildman–Crippen LogP) is 1.45. The van der Waals surface area contributed by atoms with E-state index in [-0.39, 0.29) is 0 Å². The second kappa shape index (κ2) is 5.16. The van der Waals surface area contributed by atoms with Crippen LogP contribution in [-0.2, 0) is 0 Å². The molecule has 1 aromatic rings. The van der Waals surface area contributed by atoms with Crippen molar-refractivity contribution in [1.29, 1.82) is 0 Å². The highest BCUT2D eigenvalue weighted by atomic mass is 16.5. The summed E-state index contributed by atoms with van der Waals surface area (Å²) in [5.41, 5.74) is 7.24. The van der Waals surface area contributed by atoms with Crippen molar-refractivity contribution in [3.8, 4) is 5.88 Å². The van der Waals surface area contributed by atoms with E-state index in [1.54, 1.807) is 0 Å². The van der Waals surface area contributed by atoms with Gasteiger partial charge in [0.15, 0.2) is 0 Å². The summed E-state index contributed by atoms with van der Waals surface area (Å²) in [6.45, 7) is 6.00. The average Bonchev–Trinajstić information content (AvgIpc) is 2.76. The van der Waals surface area contributed by atoms with Crippen molar-refractivity contribution < 1.29 is 4.74 Å². The molecule has 1 saturated heterocycles. The molecule has 2 N–H and O–H groups in total. The molecule has 16 heavy (non-hydrogen) atoms. The van der Waals surface area contributed by atoms with E-state index < -0.39 is 0 Å². The third kappa shape index (κ3) is 2.85. The normalized spacial score (nSPS) is 16.6. The Morgan fingerprint density at radius 3 is 2.81 bits per heavy atom. The molecule has 4 heteroatoms. The van der Waals surface area contributed by atoms with E-state index in [0.29, 0.717) is 18.2 Å². The number of nitrogens with zero attached hydrogens (tertiary/aromatic N) is 2. The van der Waals surface area contributed by atoms with Gasteiger partial charge in [0.2, 0.25) is 5.88 Å². The Morgan fingerprint density at radius 2 is 2.12 bits per heavy atom. The lowest BCUT2D eigenvalue weighted by Gasteiger charge is -2.14. The molecule has 1 fully saturated rings. The van der Waals surface area contributed by atoms with Crippen molar-refractivity contribution in [2.45, 2.75) is 19.8 Å². The number of likely N-dealkylation sites (tertiary alicyclic amines) is 1. The summed E-state index contributed by atoms with van der Waals surface area (Å²) >= 11 is 0. The van der Waals surface area contributed by atoms with Crippen LogP contribution in [0.15, 0.2) is 12.1 Å². The van der Waals surface area contributed by atoms with Crippen molar-refractivity contribution in [2.75, 3.05) is 32.0 Å². The first-order valence-corrected chi connectivity index (χ1v) is 5.84. The van der Waals surface area contributed by atoms with Crippen LogP contribution in [0.1, 0.15) is 18.5 Å². The van der Waals surface area contributed by atoms with Gasteiger partial charge in [0.25, 0.3) is 0 Å². The molecule has 4 nitrogen and oxygen atoms in total. The first-order chi connectivity index (χ1) is 7.75. The molecule has 0 unspecified atom stereocenters. The molecule has 0 saturated carbocycles. The maximum Gasteiger partial charge on any atom is 0.213 e. The van der Waals surface area contributed by atoms with Crippen molar-refractivity contribution in [2.24, 2.45) is 0 Å². The largest absolute Gasteiger partial charge is 0.476 e. The molecule has 0 spiro atoms. The molecule has 0 aromatic carbocycles. The first-order valence-electron chi connectivity index (χ1n) is 5.84. The number of anilines is 1. The van der Waals surface area contributed by atoms with Gasteiger partial charge in [-0.15, -0.1) is 0 Å². The Hall–Kier alpha value is -1.29. The summed E-state index contributed by atoms with van der Waals surface area (Å²) in [5, 5.41) is 0. The third-order valence-electron chi connectivity index (χ3n) is 2.96. The summed E-state index contributed by atoms with van der Waals surface area (Å²) < 4.78 is 5.60. The standard InChI is InChI=1S/C12H19N3O/c1-10-11(13)4-5-12(14-10)16-9-8-15-6-2-3-7-15/h4-5H,2-3,6-9,13H2,1H3. The lowest BCUT2D eigenvalue weighted by Crippen LogP contribution is -2.25. The fourth-order valence-corrected chi connectivity index (χ4v) is 1.91. The fraction of sp³-hybridized carbons (Fsp3) is 0.583. The minimum atomic E-state index is 0.672. The molecule has 0 amide bonds. The van der Waals surface area contributed by atoms with Crippen LogP contribution < -0.4 is 10.5 Å². The fourth-order valence-electron chi connectivity index (χ4n) is 1.91. The van der Waals surface area contributed by atoms with Crippen molar-refractivity contribution in [1.82, 2.24) is 9.88 Å². The number of hydrogen-bond donors (Lipinski definition) is 1. The number of ether oxygens (including phenoxy) is 1. The Balaban J connectivity index is 1.78. The molecule has 2 rings (SSSR count). The molecule has 1 aliphatic rings. The smallest absolute Gasteiger partial charge is 0.213 e. The Bertz CT molecular complexity index is 348. The molecule has 0 atom stereocenters. The molecule has 0 radical (unpaired) electrons. The average molecular weight is 221 g/mol. The van der Waals surface area contributed by atoms with Crippen molar-refractivity contribution in [3.05, 3.63) is 17.8 Å². The predicted molar refractivity (Wildman–Crippen MR) is 64.6 cm³/mol. The highest BCUT2D eigenvalue weighted by Gasteiger charge is 2.10. The van der Waals surface area contributed by atoms with Crippen molar-refractivity contribution >= 4 is 5.69 Å². The minimum absolute atomic E-state index is 0.672. The van der Waals surface area contributed by atoms with E-state index in [4.69, 9.17) is 10.5 Å². The third-order valence-corrected chi connectivity index (χ3v) is 2.96. The SMILES string of the molecule is Cc1nc(OCCN2CCCC2)ccc1N. The van der Waals surface area contributed by atoms with Crippen LogP contribution in [0.2, 0.25) is 0 Å². The van der Waals surface area contributed by atoms with E-state index >= 15 is 0 Å². The molecule has 88 valence electrons. The minimum Gasteiger partial charge on any atom is -0.476 e. The highest BCUT2D eigenvalue weighted by Crippen LogP contribution is 2.14. The van der Waals surface area contributed by atoms with Gasteiger partial charge in [0.1, 0.15) is 6.61 Å². The van der Waals surface area contributed by atoms with Crippen LogP contribution in [0.25, 0.3) is 0 Å². The van der Waals surface area contributed by atoms with Gasteiger partial charge in [-0.05, 0) is 38.9 Å². The zero-order valence-corrected chi connectivity index (χ0v) is 9.78. The van der Waals surface area contributed by atoms with E-state index in [2.05, 4.69) is 9.88 Å². The number of pyridine rings is 1. The van der Waals surface area contributed by atoms with Gasteiger partial charge in [0.05, 0.1) is 11.4 Å². The second-order valence-electron chi connectivity index (χ2n) is 4.22. The summed E-state index contributed by atoms with van der Waals surface area (Å²) in [4.78, 5) is 6.69. The number of aromatic nitrogens is 1. The van der Waals surface area contributed by atoms with E-state index in [1.807, 2.05) is 19.1 Å². The number of nitrogens with two attached hydrogens (primary N) is 1. The van der Waals surface area contributed by atoms with Crippen LogP contribution >= 0.6 is 0 Å². The quantitative estimate of drug-likeness (QED) is 0.836. The van der Waals surface area contributed by atoms with Gasteiger partial charge in [-0.3, -0.25) is 4.90 Å². The molecular formula is C12H19N3O. The van der Waals surface area contributed by atoms with Crippen LogP contribution in [0.3, 0.4) is 0 Å². The molecule has 0 bridgehead atoms. The Labute approximate surface area is 96.4 Å². The van der Waals surface area contributed by atoms with E-state index in [0.717, 1.165) is 12.2 Å². The Morgan fingerprint density at radius 1 is 1.38 bits per heavy atom. The maximum atomic E-state index is 5.69. The zero-order chi connectivity index (χ0) is 11.4.